The molecule has 0 saturated heterocycles. The predicted molar refractivity (Wildman–Crippen MR) is 57.0 cm³/mol. The molecule has 1 aromatic carbocycles. The van der Waals surface area contributed by atoms with Crippen molar-refractivity contribution in [1.29, 1.82) is 0 Å². The van der Waals surface area contributed by atoms with Gasteiger partial charge in [0, 0.05) is 18.4 Å². The van der Waals surface area contributed by atoms with Crippen LogP contribution in [0.3, 0.4) is 0 Å². The molecule has 0 fully saturated rings. The van der Waals surface area contributed by atoms with Crippen LogP contribution in [0.1, 0.15) is 35.2 Å². The molecule has 3 nitrogen and oxygen atoms in total. The summed E-state index contributed by atoms with van der Waals surface area (Å²) >= 11 is 0. The quantitative estimate of drug-likeness (QED) is 0.782. The zero-order valence-corrected chi connectivity index (χ0v) is 9.00. The van der Waals surface area contributed by atoms with Crippen LogP contribution in [-0.4, -0.2) is 16.9 Å². The van der Waals surface area contributed by atoms with E-state index in [0.29, 0.717) is 17.5 Å². The molecule has 0 aliphatic heterocycles. The zero-order valence-electron chi connectivity index (χ0n) is 9.00. The van der Waals surface area contributed by atoms with Crippen LogP contribution in [0.2, 0.25) is 0 Å². The summed E-state index contributed by atoms with van der Waals surface area (Å²) in [6.07, 6.45) is 0.468. The maximum absolute atomic E-state index is 12.8. The summed E-state index contributed by atoms with van der Waals surface area (Å²) in [7, 11) is 0. The van der Waals surface area contributed by atoms with Crippen molar-refractivity contribution >= 4 is 11.8 Å². The van der Waals surface area contributed by atoms with Gasteiger partial charge in [-0.3, -0.25) is 9.59 Å². The Morgan fingerprint density at radius 2 is 2.00 bits per heavy atom. The minimum absolute atomic E-state index is 0.0218. The number of ketones is 1. The Kier molecular flexibility index (Phi) is 4.17. The normalized spacial score (nSPS) is 10.1. The number of carboxylic acid groups (broad SMARTS) is 1. The molecule has 0 spiro atoms. The Bertz CT molecular complexity index is 413. The summed E-state index contributed by atoms with van der Waals surface area (Å²) in [5.74, 6) is -1.43. The summed E-state index contributed by atoms with van der Waals surface area (Å²) < 4.78 is 12.8. The molecule has 0 aliphatic carbocycles. The summed E-state index contributed by atoms with van der Waals surface area (Å²) in [6.45, 7) is 1.66. The lowest BCUT2D eigenvalue weighted by molar-refractivity contribution is -0.137. The fraction of sp³-hybridized carbons (Fsp3) is 0.333. The maximum atomic E-state index is 12.8. The smallest absolute Gasteiger partial charge is 0.303 e. The number of aliphatic carboxylic acids is 1. The van der Waals surface area contributed by atoms with Crippen molar-refractivity contribution in [3.8, 4) is 0 Å². The second-order valence-corrected chi connectivity index (χ2v) is 3.63. The molecule has 1 N–H and O–H groups in total. The molecule has 0 heterocycles. The SMILES string of the molecule is Cc1cc(F)ccc1C(=O)CCCC(=O)O. The lowest BCUT2D eigenvalue weighted by Crippen LogP contribution is -2.04. The summed E-state index contributed by atoms with van der Waals surface area (Å²) in [4.78, 5) is 21.9. The monoisotopic (exact) mass is 224 g/mol. The molecular weight excluding hydrogens is 211 g/mol. The first-order valence-electron chi connectivity index (χ1n) is 5.02. The van der Waals surface area contributed by atoms with E-state index in [9.17, 15) is 14.0 Å². The first kappa shape index (κ1) is 12.4. The number of aryl methyl sites for hydroxylation is 1. The highest BCUT2D eigenvalue weighted by Gasteiger charge is 2.10. The summed E-state index contributed by atoms with van der Waals surface area (Å²) in [5, 5.41) is 8.43. The molecule has 1 aromatic rings. The highest BCUT2D eigenvalue weighted by atomic mass is 19.1. The van der Waals surface area contributed by atoms with E-state index >= 15 is 0 Å². The Labute approximate surface area is 92.9 Å². The van der Waals surface area contributed by atoms with Crippen molar-refractivity contribution in [3.05, 3.63) is 35.1 Å². The largest absolute Gasteiger partial charge is 0.481 e. The molecule has 0 aliphatic rings. The van der Waals surface area contributed by atoms with Crippen molar-refractivity contribution in [3.63, 3.8) is 0 Å². The van der Waals surface area contributed by atoms with E-state index in [4.69, 9.17) is 5.11 Å². The predicted octanol–water partition coefficient (Wildman–Crippen LogP) is 2.57. The van der Waals surface area contributed by atoms with E-state index in [1.165, 1.54) is 18.2 Å². The molecule has 86 valence electrons. The third-order valence-electron chi connectivity index (χ3n) is 2.28. The molecule has 1 rings (SSSR count). The third-order valence-corrected chi connectivity index (χ3v) is 2.28. The second-order valence-electron chi connectivity index (χ2n) is 3.63. The molecule has 0 radical (unpaired) electrons. The van der Waals surface area contributed by atoms with Gasteiger partial charge in [-0.05, 0) is 37.1 Å². The van der Waals surface area contributed by atoms with E-state index in [2.05, 4.69) is 0 Å². The van der Waals surface area contributed by atoms with Crippen LogP contribution in [0.15, 0.2) is 18.2 Å². The highest BCUT2D eigenvalue weighted by Crippen LogP contribution is 2.13. The molecule has 0 aromatic heterocycles. The van der Waals surface area contributed by atoms with Crippen LogP contribution in [0.5, 0.6) is 0 Å². The molecule has 0 bridgehead atoms. The third kappa shape index (κ3) is 3.46. The van der Waals surface area contributed by atoms with Crippen LogP contribution >= 0.6 is 0 Å². The first-order valence-corrected chi connectivity index (χ1v) is 5.02. The van der Waals surface area contributed by atoms with Gasteiger partial charge in [-0.25, -0.2) is 4.39 Å². The number of hydrogen-bond acceptors (Lipinski definition) is 2. The van der Waals surface area contributed by atoms with Crippen LogP contribution in [0.4, 0.5) is 4.39 Å². The van der Waals surface area contributed by atoms with Crippen molar-refractivity contribution in [2.24, 2.45) is 0 Å². The van der Waals surface area contributed by atoms with Crippen LogP contribution in [-0.2, 0) is 4.79 Å². The Morgan fingerprint density at radius 3 is 2.56 bits per heavy atom. The molecular formula is C12H13FO3. The van der Waals surface area contributed by atoms with E-state index in [1.54, 1.807) is 6.92 Å². The highest BCUT2D eigenvalue weighted by molar-refractivity contribution is 5.97. The minimum atomic E-state index is -0.913. The second kappa shape index (κ2) is 5.39. The van der Waals surface area contributed by atoms with Gasteiger partial charge in [-0.15, -0.1) is 0 Å². The van der Waals surface area contributed by atoms with Gasteiger partial charge in [0.15, 0.2) is 5.78 Å². The summed E-state index contributed by atoms with van der Waals surface area (Å²) in [6, 6.07) is 3.97. The molecule has 0 unspecified atom stereocenters. The van der Waals surface area contributed by atoms with Gasteiger partial charge in [-0.1, -0.05) is 0 Å². The standard InChI is InChI=1S/C12H13FO3/c1-8-7-9(13)5-6-10(8)11(14)3-2-4-12(15)16/h5-7H,2-4H2,1H3,(H,15,16). The van der Waals surface area contributed by atoms with Gasteiger partial charge >= 0.3 is 5.97 Å². The van der Waals surface area contributed by atoms with Crippen LogP contribution in [0.25, 0.3) is 0 Å². The van der Waals surface area contributed by atoms with Crippen LogP contribution < -0.4 is 0 Å². The van der Waals surface area contributed by atoms with E-state index < -0.39 is 5.97 Å². The number of carboxylic acids is 1. The van der Waals surface area contributed by atoms with Gasteiger partial charge in [0.2, 0.25) is 0 Å². The molecule has 0 amide bonds. The fourth-order valence-corrected chi connectivity index (χ4v) is 1.47. The van der Waals surface area contributed by atoms with Gasteiger partial charge in [-0.2, -0.15) is 0 Å². The Balaban J connectivity index is 2.63. The van der Waals surface area contributed by atoms with Gasteiger partial charge in [0.05, 0.1) is 0 Å². The van der Waals surface area contributed by atoms with Crippen molar-refractivity contribution in [1.82, 2.24) is 0 Å². The number of carbonyl (C=O) groups is 2. The first-order chi connectivity index (χ1) is 7.50. The number of benzene rings is 1. The number of hydrogen-bond donors (Lipinski definition) is 1. The lowest BCUT2D eigenvalue weighted by Gasteiger charge is -2.04. The molecule has 0 saturated carbocycles. The average molecular weight is 224 g/mol. The number of halogens is 1. The van der Waals surface area contributed by atoms with Crippen LogP contribution in [0, 0.1) is 12.7 Å². The Morgan fingerprint density at radius 1 is 1.31 bits per heavy atom. The lowest BCUT2D eigenvalue weighted by atomic mass is 10.0. The van der Waals surface area contributed by atoms with Gasteiger partial charge in [0.25, 0.3) is 0 Å². The molecule has 4 heteroatoms. The minimum Gasteiger partial charge on any atom is -0.481 e. The summed E-state index contributed by atoms with van der Waals surface area (Å²) in [5.41, 5.74) is 1.05. The van der Waals surface area contributed by atoms with E-state index in [0.717, 1.165) is 0 Å². The van der Waals surface area contributed by atoms with Crippen molar-refractivity contribution in [2.75, 3.05) is 0 Å². The molecule has 0 atom stereocenters. The van der Waals surface area contributed by atoms with Crippen molar-refractivity contribution in [2.45, 2.75) is 26.2 Å². The maximum Gasteiger partial charge on any atom is 0.303 e. The van der Waals surface area contributed by atoms with Gasteiger partial charge < -0.3 is 5.11 Å². The fourth-order valence-electron chi connectivity index (χ4n) is 1.47. The number of Topliss-reactive ketones (excluding diaryl/α,β-unsaturated/α-hetero) is 1. The van der Waals surface area contributed by atoms with Crippen molar-refractivity contribution < 1.29 is 19.1 Å². The van der Waals surface area contributed by atoms with E-state index in [-0.39, 0.29) is 24.4 Å². The Hall–Kier alpha value is -1.71. The topological polar surface area (TPSA) is 54.4 Å². The number of carbonyl (C=O) groups excluding carboxylic acids is 1. The van der Waals surface area contributed by atoms with E-state index in [1.807, 2.05) is 0 Å². The number of rotatable bonds is 5. The molecule has 16 heavy (non-hydrogen) atoms. The average Bonchev–Trinajstić information content (AvgIpc) is 2.16. The van der Waals surface area contributed by atoms with Gasteiger partial charge in [0.1, 0.15) is 5.82 Å². The zero-order chi connectivity index (χ0) is 12.1.